The minimum absolute atomic E-state index is 0.369. The summed E-state index contributed by atoms with van der Waals surface area (Å²) in [4.78, 5) is 13.3. The number of hydrogen-bond donors (Lipinski definition) is 1. The van der Waals surface area contributed by atoms with Crippen molar-refractivity contribution < 1.29 is 0 Å². The van der Waals surface area contributed by atoms with Gasteiger partial charge in [-0.05, 0) is 25.1 Å². The van der Waals surface area contributed by atoms with Gasteiger partial charge < -0.3 is 5.73 Å². The van der Waals surface area contributed by atoms with E-state index >= 15 is 0 Å². The van der Waals surface area contributed by atoms with Crippen LogP contribution in [0.1, 0.15) is 11.4 Å². The van der Waals surface area contributed by atoms with E-state index in [4.69, 9.17) is 5.73 Å². The van der Waals surface area contributed by atoms with Crippen molar-refractivity contribution in [3.8, 4) is 17.1 Å². The number of rotatable bonds is 3. The molecule has 0 aliphatic carbocycles. The van der Waals surface area contributed by atoms with E-state index in [0.29, 0.717) is 6.54 Å². The second kappa shape index (κ2) is 5.82. The van der Waals surface area contributed by atoms with Crippen LogP contribution in [-0.4, -0.2) is 24.7 Å². The lowest BCUT2D eigenvalue weighted by Gasteiger charge is -2.06. The Kier molecular flexibility index (Phi) is 3.51. The van der Waals surface area contributed by atoms with E-state index < -0.39 is 0 Å². The number of aromatic nitrogens is 5. The summed E-state index contributed by atoms with van der Waals surface area (Å²) >= 11 is 0. The van der Waals surface area contributed by atoms with Crippen molar-refractivity contribution in [3.63, 3.8) is 0 Å². The molecule has 1 aromatic carbocycles. The Hall–Kier alpha value is -3.12. The molecule has 0 radical (unpaired) electrons. The Bertz CT molecular complexity index is 1020. The number of fused-ring (bicyclic) bond motifs is 1. The lowest BCUT2D eigenvalue weighted by atomic mass is 10.1. The van der Waals surface area contributed by atoms with Crippen molar-refractivity contribution in [1.82, 2.24) is 24.7 Å². The van der Waals surface area contributed by atoms with Crippen LogP contribution < -0.4 is 5.73 Å². The number of aryl methyl sites for hydroxylation is 1. The van der Waals surface area contributed by atoms with Crippen molar-refractivity contribution in [2.75, 3.05) is 0 Å². The molecule has 2 N–H and O–H groups in total. The van der Waals surface area contributed by atoms with Gasteiger partial charge in [-0.3, -0.25) is 4.98 Å². The van der Waals surface area contributed by atoms with E-state index in [9.17, 15) is 0 Å². The second-order valence-electron chi connectivity index (χ2n) is 5.57. The lowest BCUT2D eigenvalue weighted by Crippen LogP contribution is -2.02. The third kappa shape index (κ3) is 2.53. The summed E-state index contributed by atoms with van der Waals surface area (Å²) in [6.07, 6.45) is 5.26. The molecule has 24 heavy (non-hydrogen) atoms. The molecule has 0 aliphatic rings. The summed E-state index contributed by atoms with van der Waals surface area (Å²) in [6.45, 7) is 2.34. The molecule has 0 spiro atoms. The van der Waals surface area contributed by atoms with Crippen LogP contribution in [0.3, 0.4) is 0 Å². The van der Waals surface area contributed by atoms with E-state index in [-0.39, 0.29) is 0 Å². The molecule has 6 heteroatoms. The summed E-state index contributed by atoms with van der Waals surface area (Å²) in [6, 6.07) is 12.0. The summed E-state index contributed by atoms with van der Waals surface area (Å²) in [5.41, 5.74) is 10.1. The van der Waals surface area contributed by atoms with Gasteiger partial charge in [0.1, 0.15) is 0 Å². The Morgan fingerprint density at radius 1 is 1.04 bits per heavy atom. The number of hydrogen-bond acceptors (Lipinski definition) is 5. The zero-order chi connectivity index (χ0) is 16.5. The molecular weight excluding hydrogens is 300 g/mol. The fraction of sp³-hybridized carbons (Fsp3) is 0.111. The monoisotopic (exact) mass is 316 g/mol. The molecule has 4 rings (SSSR count). The topological polar surface area (TPSA) is 82.5 Å². The molecule has 0 aliphatic heterocycles. The maximum Gasteiger partial charge on any atom is 0.154 e. The smallest absolute Gasteiger partial charge is 0.154 e. The van der Waals surface area contributed by atoms with Crippen LogP contribution in [0.25, 0.3) is 28.0 Å². The van der Waals surface area contributed by atoms with Crippen LogP contribution in [0.5, 0.6) is 0 Å². The second-order valence-corrected chi connectivity index (χ2v) is 5.57. The molecule has 6 nitrogen and oxygen atoms in total. The van der Waals surface area contributed by atoms with Gasteiger partial charge in [0.15, 0.2) is 5.82 Å². The number of pyridine rings is 1. The number of nitrogens with zero attached hydrogens (tertiary/aromatic N) is 5. The van der Waals surface area contributed by atoms with Gasteiger partial charge in [0, 0.05) is 29.4 Å². The highest BCUT2D eigenvalue weighted by molar-refractivity contribution is 5.84. The molecule has 0 fully saturated rings. The van der Waals surface area contributed by atoms with Gasteiger partial charge in [-0.15, -0.1) is 0 Å². The van der Waals surface area contributed by atoms with E-state index in [1.807, 2.05) is 48.1 Å². The summed E-state index contributed by atoms with van der Waals surface area (Å²) < 4.78 is 1.84. The van der Waals surface area contributed by atoms with Crippen molar-refractivity contribution in [2.24, 2.45) is 5.73 Å². The summed E-state index contributed by atoms with van der Waals surface area (Å²) in [7, 11) is 0. The minimum Gasteiger partial charge on any atom is -0.325 e. The van der Waals surface area contributed by atoms with Gasteiger partial charge in [-0.25, -0.2) is 14.6 Å². The van der Waals surface area contributed by atoms with Gasteiger partial charge >= 0.3 is 0 Å². The first-order valence-electron chi connectivity index (χ1n) is 7.68. The molecule has 0 unspecified atom stereocenters. The maximum atomic E-state index is 5.66. The normalized spacial score (nSPS) is 11.1. The van der Waals surface area contributed by atoms with Crippen LogP contribution in [0, 0.1) is 6.92 Å². The SMILES string of the molecule is Cc1cccc(-n2ncc3ccc(-c4cncc(CN)n4)cc32)n1. The predicted octanol–water partition coefficient (Wildman–Crippen LogP) is 2.64. The van der Waals surface area contributed by atoms with Gasteiger partial charge in [-0.2, -0.15) is 5.10 Å². The molecule has 4 aromatic rings. The first-order chi connectivity index (χ1) is 11.7. The van der Waals surface area contributed by atoms with Gasteiger partial charge in [-0.1, -0.05) is 18.2 Å². The van der Waals surface area contributed by atoms with Crippen LogP contribution in [0.4, 0.5) is 0 Å². The molecule has 118 valence electrons. The standard InChI is InChI=1S/C18H16N6/c1-12-3-2-4-18(22-12)24-17-7-13(5-6-14(17)9-21-24)16-11-20-10-15(8-19)23-16/h2-7,9-11H,8,19H2,1H3. The van der Waals surface area contributed by atoms with Crippen LogP contribution in [-0.2, 0) is 6.54 Å². The molecule has 0 bridgehead atoms. The van der Waals surface area contributed by atoms with Crippen molar-refractivity contribution in [2.45, 2.75) is 13.5 Å². The fourth-order valence-corrected chi connectivity index (χ4v) is 2.65. The first-order valence-corrected chi connectivity index (χ1v) is 7.68. The molecule has 0 saturated carbocycles. The molecular formula is C18H16N6. The van der Waals surface area contributed by atoms with Gasteiger partial charge in [0.05, 0.1) is 29.3 Å². The summed E-state index contributed by atoms with van der Waals surface area (Å²) in [5, 5.41) is 5.52. The zero-order valence-corrected chi connectivity index (χ0v) is 13.2. The van der Waals surface area contributed by atoms with E-state index in [1.54, 1.807) is 12.4 Å². The summed E-state index contributed by atoms with van der Waals surface area (Å²) in [5.74, 6) is 0.795. The average molecular weight is 316 g/mol. The third-order valence-electron chi connectivity index (χ3n) is 3.85. The largest absolute Gasteiger partial charge is 0.325 e. The predicted molar refractivity (Wildman–Crippen MR) is 92.5 cm³/mol. The maximum absolute atomic E-state index is 5.66. The van der Waals surface area contributed by atoms with E-state index in [0.717, 1.165) is 39.4 Å². The van der Waals surface area contributed by atoms with Crippen LogP contribution >= 0.6 is 0 Å². The van der Waals surface area contributed by atoms with Crippen LogP contribution in [0.2, 0.25) is 0 Å². The highest BCUT2D eigenvalue weighted by atomic mass is 15.3. The van der Waals surface area contributed by atoms with Gasteiger partial charge in [0.2, 0.25) is 0 Å². The number of nitrogens with two attached hydrogens (primary N) is 1. The Balaban J connectivity index is 1.87. The third-order valence-corrected chi connectivity index (χ3v) is 3.85. The average Bonchev–Trinajstić information content (AvgIpc) is 3.05. The van der Waals surface area contributed by atoms with Gasteiger partial charge in [0.25, 0.3) is 0 Å². The van der Waals surface area contributed by atoms with Crippen LogP contribution in [0.15, 0.2) is 55.0 Å². The Morgan fingerprint density at radius 2 is 1.96 bits per heavy atom. The van der Waals surface area contributed by atoms with E-state index in [2.05, 4.69) is 26.1 Å². The molecule has 3 heterocycles. The number of benzene rings is 1. The van der Waals surface area contributed by atoms with Crippen molar-refractivity contribution in [3.05, 3.63) is 66.4 Å². The first kappa shape index (κ1) is 14.5. The van der Waals surface area contributed by atoms with Crippen molar-refractivity contribution >= 4 is 10.9 Å². The van der Waals surface area contributed by atoms with E-state index in [1.165, 1.54) is 0 Å². The highest BCUT2D eigenvalue weighted by Crippen LogP contribution is 2.24. The lowest BCUT2D eigenvalue weighted by molar-refractivity contribution is 0.867. The molecule has 0 saturated heterocycles. The molecule has 0 atom stereocenters. The fourth-order valence-electron chi connectivity index (χ4n) is 2.65. The quantitative estimate of drug-likeness (QED) is 0.628. The van der Waals surface area contributed by atoms with Crippen molar-refractivity contribution in [1.29, 1.82) is 0 Å². The Morgan fingerprint density at radius 3 is 2.79 bits per heavy atom. The zero-order valence-electron chi connectivity index (χ0n) is 13.2. The highest BCUT2D eigenvalue weighted by Gasteiger charge is 2.09. The molecule has 3 aromatic heterocycles. The molecule has 0 amide bonds. The Labute approximate surface area is 139 Å². The minimum atomic E-state index is 0.369.